The molecule has 0 aromatic heterocycles. The van der Waals surface area contributed by atoms with Crippen LogP contribution in [0.4, 0.5) is 8.78 Å². The highest BCUT2D eigenvalue weighted by molar-refractivity contribution is 4.97. The number of hydrogen-bond donors (Lipinski definition) is 0. The Bertz CT molecular complexity index is 121. The average Bonchev–Trinajstić information content (AvgIpc) is 1.89. The lowest BCUT2D eigenvalue weighted by Crippen LogP contribution is -1.94. The van der Waals surface area contributed by atoms with Gasteiger partial charge < -0.3 is 0 Å². The third-order valence-corrected chi connectivity index (χ3v) is 1.27. The summed E-state index contributed by atoms with van der Waals surface area (Å²) >= 11 is 0. The monoisotopic (exact) mass is 146 g/mol. The zero-order valence-electron chi connectivity index (χ0n) is 6.16. The van der Waals surface area contributed by atoms with Crippen LogP contribution < -0.4 is 0 Å². The molecule has 0 fully saturated rings. The van der Waals surface area contributed by atoms with Crippen LogP contribution in [-0.4, -0.2) is 6.17 Å². The predicted octanol–water partition coefficient (Wildman–Crippen LogP) is 2.84. The van der Waals surface area contributed by atoms with Gasteiger partial charge in [0, 0.05) is 0 Å². The van der Waals surface area contributed by atoms with E-state index in [-0.39, 0.29) is 0 Å². The van der Waals surface area contributed by atoms with Crippen LogP contribution in [-0.2, 0) is 0 Å². The maximum atomic E-state index is 12.3. The first-order chi connectivity index (χ1) is 4.81. The summed E-state index contributed by atoms with van der Waals surface area (Å²) in [6.45, 7) is 2.04. The molecule has 0 aromatic rings. The summed E-state index contributed by atoms with van der Waals surface area (Å²) in [6, 6.07) is 0. The van der Waals surface area contributed by atoms with Crippen LogP contribution in [0.5, 0.6) is 0 Å². The smallest absolute Gasteiger partial charge is 0.163 e. The van der Waals surface area contributed by atoms with Gasteiger partial charge in [0.05, 0.1) is 0 Å². The van der Waals surface area contributed by atoms with Crippen LogP contribution in [0.2, 0.25) is 0 Å². The van der Waals surface area contributed by atoms with Gasteiger partial charge in [-0.25, -0.2) is 4.39 Å². The van der Waals surface area contributed by atoms with Crippen LogP contribution in [0.1, 0.15) is 32.6 Å². The fraction of sp³-hybridized carbons (Fsp3) is 0.750. The van der Waals surface area contributed by atoms with E-state index in [4.69, 9.17) is 0 Å². The van der Waals surface area contributed by atoms with Crippen molar-refractivity contribution in [2.24, 2.45) is 0 Å². The van der Waals surface area contributed by atoms with Gasteiger partial charge >= 0.3 is 0 Å². The number of alkyl halides is 1. The lowest BCUT2D eigenvalue weighted by molar-refractivity contribution is 0.377. The molecule has 0 aromatic carbocycles. The zero-order chi connectivity index (χ0) is 7.82. The Balaban J connectivity index is 3.18. The van der Waals surface area contributed by atoms with Gasteiger partial charge in [-0.15, -0.1) is 4.39 Å². The molecule has 0 rings (SSSR count). The van der Waals surface area contributed by atoms with E-state index in [0.29, 0.717) is 6.42 Å². The molecular formula is C8H12F2. The standard InChI is InChI=1S/C8H12F2/c1-2-3-4-5-8(10)6-7-9/h8H,2-5H2,1H3. The van der Waals surface area contributed by atoms with Crippen molar-refractivity contribution in [3.05, 3.63) is 0 Å². The van der Waals surface area contributed by atoms with Crippen molar-refractivity contribution in [1.29, 1.82) is 0 Å². The summed E-state index contributed by atoms with van der Waals surface area (Å²) < 4.78 is 23.5. The van der Waals surface area contributed by atoms with Crippen molar-refractivity contribution < 1.29 is 8.78 Å². The minimum absolute atomic E-state index is 0.366. The lowest BCUT2D eigenvalue weighted by Gasteiger charge is -1.97. The molecule has 1 atom stereocenters. The summed E-state index contributed by atoms with van der Waals surface area (Å²) in [6.07, 6.45) is 3.01. The second kappa shape index (κ2) is 6.54. The molecule has 0 saturated heterocycles. The highest BCUT2D eigenvalue weighted by Gasteiger charge is 1.99. The zero-order valence-corrected chi connectivity index (χ0v) is 6.16. The van der Waals surface area contributed by atoms with E-state index in [2.05, 4.69) is 0 Å². The normalized spacial score (nSPS) is 11.9. The van der Waals surface area contributed by atoms with Gasteiger partial charge in [-0.2, -0.15) is 0 Å². The SMILES string of the molecule is CCCCCC(F)C#CF. The van der Waals surface area contributed by atoms with Gasteiger partial charge in [-0.3, -0.25) is 0 Å². The molecule has 0 radical (unpaired) electrons. The Morgan fingerprint density at radius 2 is 2.10 bits per heavy atom. The van der Waals surface area contributed by atoms with Crippen molar-refractivity contribution in [3.8, 4) is 12.1 Å². The summed E-state index contributed by atoms with van der Waals surface area (Å²) in [7, 11) is 0. The molecule has 0 aliphatic rings. The second-order valence-corrected chi connectivity index (χ2v) is 2.20. The highest BCUT2D eigenvalue weighted by atomic mass is 19.1. The van der Waals surface area contributed by atoms with Gasteiger partial charge in [-0.05, 0) is 18.8 Å². The maximum Gasteiger partial charge on any atom is 0.163 e. The Kier molecular flexibility index (Phi) is 6.16. The van der Waals surface area contributed by atoms with Crippen LogP contribution in [0.3, 0.4) is 0 Å². The molecule has 0 aliphatic heterocycles. The number of rotatable bonds is 4. The lowest BCUT2D eigenvalue weighted by atomic mass is 10.1. The third kappa shape index (κ3) is 5.55. The molecule has 0 heterocycles. The quantitative estimate of drug-likeness (QED) is 0.422. The number of unbranched alkanes of at least 4 members (excludes halogenated alkanes) is 2. The Morgan fingerprint density at radius 1 is 1.40 bits per heavy atom. The Hall–Kier alpha value is -0.580. The van der Waals surface area contributed by atoms with E-state index in [0.717, 1.165) is 25.4 Å². The highest BCUT2D eigenvalue weighted by Crippen LogP contribution is 2.04. The first-order valence-electron chi connectivity index (χ1n) is 3.56. The number of hydrogen-bond acceptors (Lipinski definition) is 0. The summed E-state index contributed by atoms with van der Waals surface area (Å²) in [5.41, 5.74) is 0. The van der Waals surface area contributed by atoms with Gasteiger partial charge in [0.1, 0.15) is 6.17 Å². The molecule has 0 nitrogen and oxygen atoms in total. The van der Waals surface area contributed by atoms with Gasteiger partial charge in [0.15, 0.2) is 6.17 Å². The predicted molar refractivity (Wildman–Crippen MR) is 37.9 cm³/mol. The average molecular weight is 146 g/mol. The van der Waals surface area contributed by atoms with E-state index in [1.165, 1.54) is 0 Å². The summed E-state index contributed by atoms with van der Waals surface area (Å²) in [5, 5.41) is 0. The fourth-order valence-corrected chi connectivity index (χ4v) is 0.705. The largest absolute Gasteiger partial charge is 0.233 e. The van der Waals surface area contributed by atoms with E-state index < -0.39 is 6.17 Å². The Morgan fingerprint density at radius 3 is 2.60 bits per heavy atom. The van der Waals surface area contributed by atoms with Gasteiger partial charge in [0.2, 0.25) is 0 Å². The van der Waals surface area contributed by atoms with Crippen LogP contribution in [0.15, 0.2) is 0 Å². The Labute approximate surface area is 60.6 Å². The summed E-state index contributed by atoms with van der Waals surface area (Å²) in [4.78, 5) is 0. The van der Waals surface area contributed by atoms with Crippen molar-refractivity contribution in [2.75, 3.05) is 0 Å². The molecule has 10 heavy (non-hydrogen) atoms. The van der Waals surface area contributed by atoms with Crippen molar-refractivity contribution in [2.45, 2.75) is 38.8 Å². The van der Waals surface area contributed by atoms with Crippen LogP contribution in [0.25, 0.3) is 0 Å². The molecule has 1 unspecified atom stereocenters. The van der Waals surface area contributed by atoms with E-state index >= 15 is 0 Å². The van der Waals surface area contributed by atoms with Crippen LogP contribution in [0, 0.1) is 12.1 Å². The first-order valence-corrected chi connectivity index (χ1v) is 3.56. The van der Waals surface area contributed by atoms with Gasteiger partial charge in [-0.1, -0.05) is 19.8 Å². The molecule has 0 spiro atoms. The third-order valence-electron chi connectivity index (χ3n) is 1.27. The molecule has 0 amide bonds. The van der Waals surface area contributed by atoms with E-state index in [1.54, 1.807) is 0 Å². The molecule has 58 valence electrons. The molecule has 0 N–H and O–H groups in total. The second-order valence-electron chi connectivity index (χ2n) is 2.20. The minimum Gasteiger partial charge on any atom is -0.233 e. The molecule has 2 heteroatoms. The minimum atomic E-state index is -1.27. The van der Waals surface area contributed by atoms with Crippen molar-refractivity contribution in [1.82, 2.24) is 0 Å². The van der Waals surface area contributed by atoms with Gasteiger partial charge in [0.25, 0.3) is 0 Å². The molecular weight excluding hydrogens is 134 g/mol. The fourth-order valence-electron chi connectivity index (χ4n) is 0.705. The molecule has 0 bridgehead atoms. The first kappa shape index (κ1) is 9.42. The van der Waals surface area contributed by atoms with Crippen LogP contribution >= 0.6 is 0 Å². The molecule has 0 aliphatic carbocycles. The van der Waals surface area contributed by atoms with E-state index in [9.17, 15) is 8.78 Å². The van der Waals surface area contributed by atoms with Crippen molar-refractivity contribution in [3.63, 3.8) is 0 Å². The maximum absolute atomic E-state index is 12.3. The topological polar surface area (TPSA) is 0 Å². The number of halogens is 2. The van der Waals surface area contributed by atoms with E-state index in [1.807, 2.05) is 12.8 Å². The summed E-state index contributed by atoms with van der Waals surface area (Å²) in [5.74, 6) is 1.82. The molecule has 0 saturated carbocycles. The van der Waals surface area contributed by atoms with Crippen molar-refractivity contribution >= 4 is 0 Å².